The summed E-state index contributed by atoms with van der Waals surface area (Å²) < 4.78 is 0. The highest BCUT2D eigenvalue weighted by molar-refractivity contribution is 6.43. The molecular formula is C19H18Cl2N2O2. The molecule has 25 heavy (non-hydrogen) atoms. The molecule has 0 saturated heterocycles. The largest absolute Gasteiger partial charge is 0.335 e. The van der Waals surface area contributed by atoms with Crippen molar-refractivity contribution < 1.29 is 9.59 Å². The first-order valence-electron chi connectivity index (χ1n) is 8.06. The van der Waals surface area contributed by atoms with E-state index >= 15 is 0 Å². The third-order valence-corrected chi connectivity index (χ3v) is 5.24. The van der Waals surface area contributed by atoms with Crippen LogP contribution in [0.2, 0.25) is 10.0 Å². The zero-order valence-corrected chi connectivity index (χ0v) is 15.3. The zero-order valence-electron chi connectivity index (χ0n) is 13.8. The van der Waals surface area contributed by atoms with Gasteiger partial charge in [-0.1, -0.05) is 53.5 Å². The van der Waals surface area contributed by atoms with Gasteiger partial charge in [-0.25, -0.2) is 0 Å². The molecule has 1 heterocycles. The number of fused-ring (bicyclic) bond motifs is 1. The molecule has 0 spiro atoms. The Morgan fingerprint density at radius 3 is 2.68 bits per heavy atom. The van der Waals surface area contributed by atoms with E-state index in [1.807, 2.05) is 24.3 Å². The maximum Gasteiger partial charge on any atom is 0.226 e. The molecule has 1 atom stereocenters. The summed E-state index contributed by atoms with van der Waals surface area (Å²) in [5.74, 6) is -0.245. The number of carbonyl (C=O) groups is 2. The van der Waals surface area contributed by atoms with Crippen LogP contribution in [0, 0.1) is 0 Å². The van der Waals surface area contributed by atoms with Crippen LogP contribution in [0.5, 0.6) is 0 Å². The first kappa shape index (κ1) is 17.8. The van der Waals surface area contributed by atoms with Crippen molar-refractivity contribution in [3.05, 3.63) is 63.6 Å². The average molecular weight is 377 g/mol. The van der Waals surface area contributed by atoms with Crippen LogP contribution < -0.4 is 5.32 Å². The number of rotatable bonds is 3. The van der Waals surface area contributed by atoms with E-state index in [4.69, 9.17) is 23.2 Å². The van der Waals surface area contributed by atoms with Crippen LogP contribution in [-0.4, -0.2) is 23.3 Å². The highest BCUT2D eigenvalue weighted by Gasteiger charge is 2.30. The van der Waals surface area contributed by atoms with Gasteiger partial charge in [0.25, 0.3) is 0 Å². The molecule has 1 aliphatic heterocycles. The monoisotopic (exact) mass is 376 g/mol. The van der Waals surface area contributed by atoms with Crippen molar-refractivity contribution in [2.24, 2.45) is 0 Å². The Labute approximate surface area is 156 Å². The number of nitrogens with zero attached hydrogens (tertiary/aromatic N) is 1. The minimum atomic E-state index is -0.277. The highest BCUT2D eigenvalue weighted by atomic mass is 35.5. The Kier molecular flexibility index (Phi) is 5.30. The van der Waals surface area contributed by atoms with E-state index < -0.39 is 0 Å². The van der Waals surface area contributed by atoms with E-state index in [2.05, 4.69) is 5.32 Å². The predicted octanol–water partition coefficient (Wildman–Crippen LogP) is 4.47. The molecule has 0 fully saturated rings. The quantitative estimate of drug-likeness (QED) is 0.858. The summed E-state index contributed by atoms with van der Waals surface area (Å²) in [4.78, 5) is 26.3. The van der Waals surface area contributed by atoms with Crippen LogP contribution in [0.1, 0.15) is 30.5 Å². The lowest BCUT2D eigenvalue weighted by Crippen LogP contribution is -2.40. The van der Waals surface area contributed by atoms with E-state index in [1.54, 1.807) is 23.1 Å². The molecule has 0 radical (unpaired) electrons. The fraction of sp³-hybridized carbons (Fsp3) is 0.263. The van der Waals surface area contributed by atoms with Crippen molar-refractivity contribution >= 4 is 40.7 Å². The van der Waals surface area contributed by atoms with Crippen molar-refractivity contribution in [2.75, 3.05) is 11.9 Å². The second-order valence-corrected chi connectivity index (χ2v) is 6.82. The van der Waals surface area contributed by atoms with Crippen LogP contribution in [0.15, 0.2) is 42.5 Å². The summed E-state index contributed by atoms with van der Waals surface area (Å²) in [5, 5.41) is 3.49. The van der Waals surface area contributed by atoms with E-state index in [1.165, 1.54) is 12.5 Å². The summed E-state index contributed by atoms with van der Waals surface area (Å²) in [6.07, 6.45) is 0.966. The maximum atomic E-state index is 12.6. The Balaban J connectivity index is 1.83. The van der Waals surface area contributed by atoms with Gasteiger partial charge in [0.1, 0.15) is 0 Å². The fourth-order valence-corrected chi connectivity index (χ4v) is 3.57. The van der Waals surface area contributed by atoms with E-state index in [9.17, 15) is 9.59 Å². The van der Waals surface area contributed by atoms with Crippen LogP contribution in [-0.2, 0) is 16.0 Å². The predicted molar refractivity (Wildman–Crippen MR) is 100.0 cm³/mol. The van der Waals surface area contributed by atoms with Gasteiger partial charge in [0.05, 0.1) is 28.2 Å². The Hall–Kier alpha value is -2.04. The third-order valence-electron chi connectivity index (χ3n) is 4.42. The number of hydrogen-bond acceptors (Lipinski definition) is 2. The maximum absolute atomic E-state index is 12.6. The number of amides is 2. The van der Waals surface area contributed by atoms with Gasteiger partial charge in [-0.2, -0.15) is 0 Å². The number of halogens is 2. The smallest absolute Gasteiger partial charge is 0.226 e. The molecule has 6 heteroatoms. The molecule has 0 aliphatic carbocycles. The summed E-state index contributed by atoms with van der Waals surface area (Å²) in [6.45, 7) is 2.15. The number of benzene rings is 2. The van der Waals surface area contributed by atoms with E-state index in [0.29, 0.717) is 22.3 Å². The second kappa shape index (κ2) is 7.46. The number of hydrogen-bond donors (Lipinski definition) is 1. The molecule has 1 N–H and O–H groups in total. The lowest BCUT2D eigenvalue weighted by molar-refractivity contribution is -0.132. The lowest BCUT2D eigenvalue weighted by Gasteiger charge is -2.36. The SMILES string of the molecule is CC(=O)N1CCc2ccccc2C1CC(=O)Nc1cccc(Cl)c1Cl. The van der Waals surface area contributed by atoms with Crippen LogP contribution in [0.4, 0.5) is 5.69 Å². The molecule has 0 bridgehead atoms. The van der Waals surface area contributed by atoms with Gasteiger partial charge >= 0.3 is 0 Å². The second-order valence-electron chi connectivity index (χ2n) is 6.03. The van der Waals surface area contributed by atoms with Crippen molar-refractivity contribution in [3.63, 3.8) is 0 Å². The van der Waals surface area contributed by atoms with Gasteiger partial charge in [0.15, 0.2) is 0 Å². The van der Waals surface area contributed by atoms with Crippen molar-refractivity contribution in [2.45, 2.75) is 25.8 Å². The summed E-state index contributed by atoms with van der Waals surface area (Å²) in [5.41, 5.74) is 2.67. The van der Waals surface area contributed by atoms with Crippen molar-refractivity contribution in [3.8, 4) is 0 Å². The summed E-state index contributed by atoms with van der Waals surface area (Å²) in [6, 6.07) is 12.7. The Bertz CT molecular complexity index is 823. The molecular weight excluding hydrogens is 359 g/mol. The van der Waals surface area contributed by atoms with Gasteiger partial charge in [-0.05, 0) is 29.7 Å². The lowest BCUT2D eigenvalue weighted by atomic mass is 9.90. The normalized spacial score (nSPS) is 16.3. The van der Waals surface area contributed by atoms with Gasteiger partial charge in [-0.15, -0.1) is 0 Å². The number of carbonyl (C=O) groups excluding carboxylic acids is 2. The molecule has 1 unspecified atom stereocenters. The molecule has 3 rings (SSSR count). The minimum absolute atomic E-state index is 0.0342. The highest BCUT2D eigenvalue weighted by Crippen LogP contribution is 2.34. The fourth-order valence-electron chi connectivity index (χ4n) is 3.23. The molecule has 0 saturated carbocycles. The molecule has 130 valence electrons. The Morgan fingerprint density at radius 1 is 1.16 bits per heavy atom. The van der Waals surface area contributed by atoms with E-state index in [-0.39, 0.29) is 24.3 Å². The first-order valence-corrected chi connectivity index (χ1v) is 8.82. The molecule has 4 nitrogen and oxygen atoms in total. The van der Waals surface area contributed by atoms with Crippen LogP contribution >= 0.6 is 23.2 Å². The summed E-state index contributed by atoms with van der Waals surface area (Å²) in [7, 11) is 0. The molecule has 2 aromatic rings. The summed E-state index contributed by atoms with van der Waals surface area (Å²) >= 11 is 12.1. The van der Waals surface area contributed by atoms with Gasteiger partial charge in [0.2, 0.25) is 11.8 Å². The Morgan fingerprint density at radius 2 is 1.92 bits per heavy atom. The third kappa shape index (κ3) is 3.80. The zero-order chi connectivity index (χ0) is 18.0. The van der Waals surface area contributed by atoms with Crippen LogP contribution in [0.3, 0.4) is 0 Å². The van der Waals surface area contributed by atoms with Crippen LogP contribution in [0.25, 0.3) is 0 Å². The topological polar surface area (TPSA) is 49.4 Å². The van der Waals surface area contributed by atoms with Crippen molar-refractivity contribution in [1.29, 1.82) is 0 Å². The molecule has 0 aromatic heterocycles. The number of anilines is 1. The van der Waals surface area contributed by atoms with E-state index in [0.717, 1.165) is 12.0 Å². The minimum Gasteiger partial charge on any atom is -0.335 e. The standard InChI is InChI=1S/C19H18Cl2N2O2/c1-12(24)23-10-9-13-5-2-3-6-14(13)17(23)11-18(25)22-16-8-4-7-15(20)19(16)21/h2-8,17H,9-11H2,1H3,(H,22,25). The average Bonchev–Trinajstić information content (AvgIpc) is 2.59. The number of nitrogens with one attached hydrogen (secondary N) is 1. The first-order chi connectivity index (χ1) is 12.0. The molecule has 1 aliphatic rings. The van der Waals surface area contributed by atoms with Crippen molar-refractivity contribution in [1.82, 2.24) is 4.90 Å². The molecule has 2 amide bonds. The van der Waals surface area contributed by atoms with Gasteiger partial charge in [0, 0.05) is 13.5 Å². The van der Waals surface area contributed by atoms with Gasteiger partial charge < -0.3 is 10.2 Å². The van der Waals surface area contributed by atoms with Gasteiger partial charge in [-0.3, -0.25) is 9.59 Å². The molecule has 2 aromatic carbocycles.